The Hall–Kier alpha value is -1.90. The van der Waals surface area contributed by atoms with Crippen LogP contribution < -0.4 is 9.46 Å². The third-order valence-corrected chi connectivity index (χ3v) is 7.94. The summed E-state index contributed by atoms with van der Waals surface area (Å²) in [6, 6.07) is 11.4. The predicted molar refractivity (Wildman–Crippen MR) is 110 cm³/mol. The molecule has 2 heterocycles. The van der Waals surface area contributed by atoms with Crippen LogP contribution in [-0.4, -0.2) is 46.0 Å². The van der Waals surface area contributed by atoms with Crippen LogP contribution in [0.15, 0.2) is 46.0 Å². The molecule has 3 rings (SSSR count). The molecule has 0 bridgehead atoms. The molecular weight excluding hydrogens is 396 g/mol. The second-order valence-electron chi connectivity index (χ2n) is 6.97. The van der Waals surface area contributed by atoms with E-state index in [1.807, 2.05) is 12.1 Å². The van der Waals surface area contributed by atoms with E-state index in [2.05, 4.69) is 16.9 Å². The van der Waals surface area contributed by atoms with Gasteiger partial charge in [-0.1, -0.05) is 18.2 Å². The van der Waals surface area contributed by atoms with E-state index in [0.717, 1.165) is 42.8 Å². The fraction of sp³-hybridized carbons (Fsp3) is 0.450. The van der Waals surface area contributed by atoms with Crippen LogP contribution in [0.3, 0.4) is 0 Å². The van der Waals surface area contributed by atoms with Gasteiger partial charge in [-0.2, -0.15) is 0 Å². The van der Waals surface area contributed by atoms with Crippen LogP contribution >= 0.6 is 11.3 Å². The number of piperidine rings is 1. The minimum Gasteiger partial charge on any atom is -0.497 e. The molecule has 1 aromatic heterocycles. The number of aryl methyl sites for hydroxylation is 1. The molecule has 0 saturated carbocycles. The summed E-state index contributed by atoms with van der Waals surface area (Å²) >= 11 is 1.14. The highest BCUT2D eigenvalue weighted by molar-refractivity contribution is 7.91. The average molecular weight is 423 g/mol. The van der Waals surface area contributed by atoms with Gasteiger partial charge in [0.05, 0.1) is 13.7 Å². The Morgan fingerprint density at radius 3 is 2.54 bits per heavy atom. The lowest BCUT2D eigenvalue weighted by Gasteiger charge is -2.32. The minimum absolute atomic E-state index is 0.159. The predicted octanol–water partition coefficient (Wildman–Crippen LogP) is 2.91. The van der Waals surface area contributed by atoms with Crippen LogP contribution in [0, 0.1) is 5.92 Å². The standard InChI is InChI=1S/C20H26N2O4S2/c1-26-18-8-6-16(7-9-18)4-5-17-10-12-22(13-11-17)19(23)15-21-28(24,25)20-3-2-14-27-20/h2-3,6-9,14,17,21H,4-5,10-13,15H2,1H3. The summed E-state index contributed by atoms with van der Waals surface area (Å²) in [6.07, 6.45) is 4.03. The van der Waals surface area contributed by atoms with E-state index < -0.39 is 10.0 Å². The Kier molecular flexibility index (Phi) is 7.09. The molecule has 1 amide bonds. The normalized spacial score (nSPS) is 15.5. The number of likely N-dealkylation sites (tertiary alicyclic amines) is 1. The van der Waals surface area contributed by atoms with E-state index >= 15 is 0 Å². The van der Waals surface area contributed by atoms with Crippen LogP contribution in [0.25, 0.3) is 0 Å². The smallest absolute Gasteiger partial charge is 0.250 e. The molecule has 0 radical (unpaired) electrons. The van der Waals surface area contributed by atoms with Gasteiger partial charge in [0.2, 0.25) is 5.91 Å². The Bertz CT molecular complexity index is 856. The highest BCUT2D eigenvalue weighted by Gasteiger charge is 2.24. The molecule has 0 atom stereocenters. The molecule has 0 spiro atoms. The van der Waals surface area contributed by atoms with E-state index in [0.29, 0.717) is 19.0 Å². The molecule has 8 heteroatoms. The molecule has 1 saturated heterocycles. The van der Waals surface area contributed by atoms with E-state index in [1.165, 1.54) is 11.6 Å². The number of nitrogens with one attached hydrogen (secondary N) is 1. The Labute approximate surface area is 170 Å². The molecule has 1 aliphatic rings. The molecule has 1 aromatic carbocycles. The van der Waals surface area contributed by atoms with E-state index in [-0.39, 0.29) is 16.7 Å². The van der Waals surface area contributed by atoms with Gasteiger partial charge in [-0.3, -0.25) is 4.79 Å². The number of hydrogen-bond donors (Lipinski definition) is 1. The Morgan fingerprint density at radius 2 is 1.93 bits per heavy atom. The van der Waals surface area contributed by atoms with Crippen molar-refractivity contribution in [2.75, 3.05) is 26.7 Å². The van der Waals surface area contributed by atoms with Crippen LogP contribution in [0.1, 0.15) is 24.8 Å². The van der Waals surface area contributed by atoms with Crippen LogP contribution in [0.2, 0.25) is 0 Å². The minimum atomic E-state index is -3.59. The van der Waals surface area contributed by atoms with Crippen LogP contribution in [0.4, 0.5) is 0 Å². The summed E-state index contributed by atoms with van der Waals surface area (Å²) in [5, 5.41) is 1.70. The van der Waals surface area contributed by atoms with Crippen LogP contribution in [0.5, 0.6) is 5.75 Å². The summed E-state index contributed by atoms with van der Waals surface area (Å²) in [5.41, 5.74) is 1.29. The van der Waals surface area contributed by atoms with Crippen LogP contribution in [-0.2, 0) is 21.2 Å². The molecule has 0 unspecified atom stereocenters. The Balaban J connectivity index is 1.40. The van der Waals surface area contributed by atoms with Crippen molar-refractivity contribution >= 4 is 27.3 Å². The molecule has 2 aromatic rings. The molecule has 1 N–H and O–H groups in total. The average Bonchev–Trinajstić information content (AvgIpc) is 3.27. The fourth-order valence-corrected chi connectivity index (χ4v) is 5.40. The summed E-state index contributed by atoms with van der Waals surface area (Å²) < 4.78 is 32.0. The van der Waals surface area contributed by atoms with Crippen molar-refractivity contribution in [2.45, 2.75) is 29.9 Å². The summed E-state index contributed by atoms with van der Waals surface area (Å²) in [7, 11) is -1.93. The third-order valence-electron chi connectivity index (χ3n) is 5.14. The lowest BCUT2D eigenvalue weighted by atomic mass is 9.90. The number of amides is 1. The first-order chi connectivity index (χ1) is 13.5. The quantitative estimate of drug-likeness (QED) is 0.710. The van der Waals surface area contributed by atoms with Gasteiger partial charge < -0.3 is 9.64 Å². The van der Waals surface area contributed by atoms with Gasteiger partial charge in [0.25, 0.3) is 10.0 Å². The zero-order chi connectivity index (χ0) is 20.0. The maximum atomic E-state index is 12.4. The largest absolute Gasteiger partial charge is 0.497 e. The zero-order valence-corrected chi connectivity index (χ0v) is 17.6. The number of carbonyl (C=O) groups excluding carboxylic acids is 1. The van der Waals surface area contributed by atoms with E-state index in [9.17, 15) is 13.2 Å². The van der Waals surface area contributed by atoms with Crippen molar-refractivity contribution in [3.63, 3.8) is 0 Å². The number of carbonyl (C=O) groups is 1. The molecular formula is C20H26N2O4S2. The first kappa shape index (κ1) is 20.8. The van der Waals surface area contributed by atoms with Crippen molar-refractivity contribution in [1.29, 1.82) is 0 Å². The molecule has 152 valence electrons. The Morgan fingerprint density at radius 1 is 1.21 bits per heavy atom. The van der Waals surface area contributed by atoms with Gasteiger partial charge in [-0.25, -0.2) is 13.1 Å². The first-order valence-corrected chi connectivity index (χ1v) is 11.8. The second kappa shape index (κ2) is 9.54. The van der Waals surface area contributed by atoms with Gasteiger partial charge in [0, 0.05) is 13.1 Å². The van der Waals surface area contributed by atoms with Crippen molar-refractivity contribution in [2.24, 2.45) is 5.92 Å². The number of hydrogen-bond acceptors (Lipinski definition) is 5. The summed E-state index contributed by atoms with van der Waals surface area (Å²) in [4.78, 5) is 14.1. The highest BCUT2D eigenvalue weighted by atomic mass is 32.2. The third kappa shape index (κ3) is 5.56. The topological polar surface area (TPSA) is 75.7 Å². The fourth-order valence-electron chi connectivity index (χ4n) is 3.39. The maximum Gasteiger partial charge on any atom is 0.250 e. The van der Waals surface area contributed by atoms with Crippen molar-refractivity contribution in [3.05, 3.63) is 47.3 Å². The number of nitrogens with zero attached hydrogens (tertiary/aromatic N) is 1. The first-order valence-electron chi connectivity index (χ1n) is 9.42. The SMILES string of the molecule is COc1ccc(CCC2CCN(C(=O)CNS(=O)(=O)c3cccs3)CC2)cc1. The molecule has 28 heavy (non-hydrogen) atoms. The second-order valence-corrected chi connectivity index (χ2v) is 9.91. The number of thiophene rings is 1. The number of methoxy groups -OCH3 is 1. The van der Waals surface area contributed by atoms with E-state index in [4.69, 9.17) is 4.74 Å². The van der Waals surface area contributed by atoms with Gasteiger partial charge in [0.15, 0.2) is 0 Å². The lowest BCUT2D eigenvalue weighted by molar-refractivity contribution is -0.131. The lowest BCUT2D eigenvalue weighted by Crippen LogP contribution is -2.44. The van der Waals surface area contributed by atoms with E-state index in [1.54, 1.807) is 23.5 Å². The van der Waals surface area contributed by atoms with Gasteiger partial charge in [-0.15, -0.1) is 11.3 Å². The monoisotopic (exact) mass is 422 g/mol. The van der Waals surface area contributed by atoms with Gasteiger partial charge >= 0.3 is 0 Å². The molecule has 0 aliphatic carbocycles. The van der Waals surface area contributed by atoms with Crippen molar-refractivity contribution < 1.29 is 17.9 Å². The number of benzene rings is 1. The molecule has 1 fully saturated rings. The maximum absolute atomic E-state index is 12.4. The molecule has 6 nitrogen and oxygen atoms in total. The summed E-state index contributed by atoms with van der Waals surface area (Å²) in [5.74, 6) is 1.30. The highest BCUT2D eigenvalue weighted by Crippen LogP contribution is 2.23. The number of ether oxygens (including phenoxy) is 1. The summed E-state index contributed by atoms with van der Waals surface area (Å²) in [6.45, 7) is 1.19. The van der Waals surface area contributed by atoms with Gasteiger partial charge in [-0.05, 0) is 60.7 Å². The number of rotatable bonds is 8. The zero-order valence-electron chi connectivity index (χ0n) is 16.0. The van der Waals surface area contributed by atoms with Gasteiger partial charge in [0.1, 0.15) is 9.96 Å². The van der Waals surface area contributed by atoms with Crippen molar-refractivity contribution in [3.8, 4) is 5.75 Å². The number of sulfonamides is 1. The van der Waals surface area contributed by atoms with Crippen molar-refractivity contribution in [1.82, 2.24) is 9.62 Å². The molecule has 1 aliphatic heterocycles.